The van der Waals surface area contributed by atoms with E-state index in [9.17, 15) is 0 Å². The first-order valence-corrected chi connectivity index (χ1v) is 17.7. The highest BCUT2D eigenvalue weighted by molar-refractivity contribution is 6.76. The molecule has 0 rings (SSSR count). The lowest BCUT2D eigenvalue weighted by molar-refractivity contribution is -0.0441. The molecule has 7 nitrogen and oxygen atoms in total. The van der Waals surface area contributed by atoms with Crippen LogP contribution < -0.4 is 0 Å². The first-order valence-electron chi connectivity index (χ1n) is 9.76. The van der Waals surface area contributed by atoms with Crippen molar-refractivity contribution < 1.29 is 32.8 Å². The Balaban J connectivity index is 4.74. The van der Waals surface area contributed by atoms with Gasteiger partial charge in [0.15, 0.2) is 8.32 Å². The Bertz CT molecular complexity index is 284. The zero-order valence-corrected chi connectivity index (χ0v) is 23.7. The molecular weight excluding hydrogens is 417 g/mol. The summed E-state index contributed by atoms with van der Waals surface area (Å²) in [5, 5.41) is 0. The number of ether oxygens (including phenoxy) is 6. The molecule has 11 heteroatoms. The third-order valence-electron chi connectivity index (χ3n) is 5.23. The lowest BCUT2D eigenvalue weighted by Crippen LogP contribution is -2.39. The highest BCUT2D eigenvalue weighted by atomic mass is 28.4. The third-order valence-corrected chi connectivity index (χ3v) is 17.7. The minimum atomic E-state index is -1.78. The third kappa shape index (κ3) is 12.0. The van der Waals surface area contributed by atoms with Gasteiger partial charge in [-0.3, -0.25) is 0 Å². The van der Waals surface area contributed by atoms with Crippen molar-refractivity contribution in [3.63, 3.8) is 0 Å². The van der Waals surface area contributed by atoms with E-state index >= 15 is 0 Å². The van der Waals surface area contributed by atoms with Crippen LogP contribution in [0.3, 0.4) is 0 Å². The zero-order valence-electron chi connectivity index (χ0n) is 18.5. The van der Waals surface area contributed by atoms with Gasteiger partial charge in [-0.25, -0.2) is 0 Å². The second-order valence-corrected chi connectivity index (χ2v) is 16.9. The molecule has 0 aliphatic rings. The Kier molecular flexibility index (Phi) is 17.8. The normalized spacial score (nSPS) is 15.8. The van der Waals surface area contributed by atoms with E-state index in [1.807, 2.05) is 7.11 Å². The van der Waals surface area contributed by atoms with Crippen molar-refractivity contribution >= 4 is 36.9 Å². The molecule has 0 saturated heterocycles. The lowest BCUT2D eigenvalue weighted by Gasteiger charge is -2.31. The van der Waals surface area contributed by atoms with Gasteiger partial charge in [0.2, 0.25) is 0 Å². The number of hydrogen-bond acceptors (Lipinski definition) is 7. The summed E-state index contributed by atoms with van der Waals surface area (Å²) in [6.45, 7) is 0. The minimum absolute atomic E-state index is 0.00929. The monoisotopic (exact) mass is 458 g/mol. The molecule has 0 aromatic carbocycles. The lowest BCUT2D eigenvalue weighted by atomic mass is 10.9. The summed E-state index contributed by atoms with van der Waals surface area (Å²) in [6.07, 6.45) is 0. The Labute approximate surface area is 173 Å². The summed E-state index contributed by atoms with van der Waals surface area (Å²) in [5.41, 5.74) is 0. The molecule has 0 N–H and O–H groups in total. The fourth-order valence-electron chi connectivity index (χ4n) is 3.45. The molecule has 0 aliphatic carbocycles. The summed E-state index contributed by atoms with van der Waals surface area (Å²) in [7, 11) is 9.22. The Morgan fingerprint density at radius 2 is 0.778 bits per heavy atom. The SMILES string of the molecule is COC(OC)[SiH2]CC[Si](CC[SiH2]C(OC)OC)(CC[SiH2]C(OC)OC)OC. The van der Waals surface area contributed by atoms with Crippen LogP contribution in [-0.2, 0) is 32.8 Å². The molecule has 0 saturated carbocycles. The van der Waals surface area contributed by atoms with Crippen molar-refractivity contribution in [2.75, 3.05) is 49.8 Å². The van der Waals surface area contributed by atoms with E-state index in [2.05, 4.69) is 0 Å². The van der Waals surface area contributed by atoms with Crippen LogP contribution in [0.1, 0.15) is 0 Å². The highest BCUT2D eigenvalue weighted by Crippen LogP contribution is 2.28. The molecular formula is C16H42O7Si4. The average Bonchev–Trinajstić information content (AvgIpc) is 2.71. The van der Waals surface area contributed by atoms with Gasteiger partial charge in [-0.1, -0.05) is 18.1 Å². The van der Waals surface area contributed by atoms with Gasteiger partial charge in [0, 0.05) is 49.8 Å². The maximum absolute atomic E-state index is 6.25. The molecule has 0 spiro atoms. The van der Waals surface area contributed by atoms with Crippen LogP contribution >= 0.6 is 0 Å². The molecule has 0 atom stereocenters. The maximum Gasteiger partial charge on any atom is 0.191 e. The van der Waals surface area contributed by atoms with Crippen molar-refractivity contribution in [3.8, 4) is 0 Å². The smallest absolute Gasteiger partial charge is 0.191 e. The van der Waals surface area contributed by atoms with Crippen LogP contribution in [0.2, 0.25) is 36.3 Å². The van der Waals surface area contributed by atoms with E-state index < -0.39 is 36.9 Å². The van der Waals surface area contributed by atoms with Crippen LogP contribution in [-0.4, -0.2) is 104 Å². The molecule has 164 valence electrons. The van der Waals surface area contributed by atoms with Crippen LogP contribution in [0.25, 0.3) is 0 Å². The fourth-order valence-corrected chi connectivity index (χ4v) is 17.4. The standard InChI is InChI=1S/C16H42O7Si4/c1-17-14(18-2)24-8-11-27(23-7,12-9-25-15(19-3)20-4)13-10-26-16(21-5)22-6/h14-16H,8-13,24-26H2,1-7H3. The van der Waals surface area contributed by atoms with Crippen LogP contribution in [0.4, 0.5) is 0 Å². The first-order chi connectivity index (χ1) is 13.0. The Hall–Kier alpha value is 0.588. The van der Waals surface area contributed by atoms with Crippen LogP contribution in [0, 0.1) is 0 Å². The minimum Gasteiger partial charge on any atom is -0.420 e. The number of methoxy groups -OCH3 is 6. The maximum atomic E-state index is 6.25. The van der Waals surface area contributed by atoms with E-state index in [0.29, 0.717) is 0 Å². The second kappa shape index (κ2) is 17.4. The molecule has 0 amide bonds. The van der Waals surface area contributed by atoms with Gasteiger partial charge < -0.3 is 32.8 Å². The molecule has 0 heterocycles. The van der Waals surface area contributed by atoms with Crippen molar-refractivity contribution in [1.29, 1.82) is 0 Å². The molecule has 0 bridgehead atoms. The topological polar surface area (TPSA) is 64.6 Å². The highest BCUT2D eigenvalue weighted by Gasteiger charge is 2.33. The zero-order chi connectivity index (χ0) is 20.5. The van der Waals surface area contributed by atoms with Crippen molar-refractivity contribution in [2.45, 2.75) is 54.0 Å². The second-order valence-electron chi connectivity index (χ2n) is 6.77. The average molecular weight is 459 g/mol. The van der Waals surface area contributed by atoms with Gasteiger partial charge in [0.1, 0.15) is 17.7 Å². The summed E-state index contributed by atoms with van der Waals surface area (Å²) in [6, 6.07) is 7.17. The van der Waals surface area contributed by atoms with Crippen LogP contribution in [0.15, 0.2) is 0 Å². The van der Waals surface area contributed by atoms with Crippen LogP contribution in [0.5, 0.6) is 0 Å². The predicted octanol–water partition coefficient (Wildman–Crippen LogP) is 0.0688. The van der Waals surface area contributed by atoms with Gasteiger partial charge in [0.25, 0.3) is 0 Å². The summed E-state index contributed by atoms with van der Waals surface area (Å²) in [5.74, 6) is 0.0279. The van der Waals surface area contributed by atoms with Gasteiger partial charge in [-0.2, -0.15) is 0 Å². The first kappa shape index (κ1) is 27.6. The molecule has 0 unspecified atom stereocenters. The van der Waals surface area contributed by atoms with Crippen molar-refractivity contribution in [2.24, 2.45) is 0 Å². The molecule has 27 heavy (non-hydrogen) atoms. The van der Waals surface area contributed by atoms with Gasteiger partial charge in [0.05, 0.1) is 28.6 Å². The van der Waals surface area contributed by atoms with E-state index in [0.717, 1.165) is 0 Å². The van der Waals surface area contributed by atoms with Gasteiger partial charge in [-0.15, -0.1) is 0 Å². The fraction of sp³-hybridized carbons (Fsp3) is 1.00. The molecule has 0 aromatic rings. The van der Waals surface area contributed by atoms with E-state index in [-0.39, 0.29) is 17.7 Å². The van der Waals surface area contributed by atoms with E-state index in [1.54, 1.807) is 42.7 Å². The van der Waals surface area contributed by atoms with Gasteiger partial charge >= 0.3 is 0 Å². The molecule has 0 radical (unpaired) electrons. The van der Waals surface area contributed by atoms with Crippen molar-refractivity contribution in [1.82, 2.24) is 0 Å². The molecule has 0 aliphatic heterocycles. The van der Waals surface area contributed by atoms with E-state index in [4.69, 9.17) is 32.8 Å². The predicted molar refractivity (Wildman–Crippen MR) is 121 cm³/mol. The number of hydrogen-bond donors (Lipinski definition) is 0. The quantitative estimate of drug-likeness (QED) is 0.200. The largest absolute Gasteiger partial charge is 0.420 e. The summed E-state index contributed by atoms with van der Waals surface area (Å²) >= 11 is 0. The molecule has 0 aromatic heterocycles. The van der Waals surface area contributed by atoms with Crippen molar-refractivity contribution in [3.05, 3.63) is 0 Å². The Morgan fingerprint density at radius 1 is 0.519 bits per heavy atom. The van der Waals surface area contributed by atoms with E-state index in [1.165, 1.54) is 36.3 Å². The summed E-state index contributed by atoms with van der Waals surface area (Å²) < 4.78 is 38.6. The number of rotatable bonds is 19. The Morgan fingerprint density at radius 3 is 0.963 bits per heavy atom. The van der Waals surface area contributed by atoms with Gasteiger partial charge in [-0.05, 0) is 18.1 Å². The molecule has 0 fully saturated rings. The summed E-state index contributed by atoms with van der Waals surface area (Å²) in [4.78, 5) is 0.